The highest BCUT2D eigenvalue weighted by atomic mass is 16.5. The van der Waals surface area contributed by atoms with Gasteiger partial charge in [-0.3, -0.25) is 0 Å². The number of aryl methyl sites for hydroxylation is 2. The van der Waals surface area contributed by atoms with Gasteiger partial charge in [0.25, 0.3) is 5.70 Å². The standard InChI is InChI=1S/C30H29N3O/c1-22-7-11-26(12-8-22)33-17-5-6-24-18-23(10-14-29(24)33)9-13-27-19-25(28(21-31)32-2)20-30(34-27)15-3-4-16-30/h7-14,18-19H,3-6,15-17,20H2,1H3/b13-9+,28-25+. The van der Waals surface area contributed by atoms with E-state index in [-0.39, 0.29) is 11.3 Å². The summed E-state index contributed by atoms with van der Waals surface area (Å²) in [6.45, 7) is 10.5. The van der Waals surface area contributed by atoms with Gasteiger partial charge >= 0.3 is 0 Å². The van der Waals surface area contributed by atoms with Gasteiger partial charge in [-0.05, 0) is 98.6 Å². The van der Waals surface area contributed by atoms with E-state index in [4.69, 9.17) is 11.3 Å². The Kier molecular flexibility index (Phi) is 5.99. The lowest BCUT2D eigenvalue weighted by molar-refractivity contribution is 0.00776. The van der Waals surface area contributed by atoms with Crippen LogP contribution in [-0.2, 0) is 11.2 Å². The molecule has 1 aliphatic carbocycles. The summed E-state index contributed by atoms with van der Waals surface area (Å²) >= 11 is 0. The van der Waals surface area contributed by atoms with E-state index in [2.05, 4.69) is 71.3 Å². The first kappa shape index (κ1) is 22.1. The van der Waals surface area contributed by atoms with Gasteiger partial charge in [-0.1, -0.05) is 29.8 Å². The van der Waals surface area contributed by atoms with Crippen molar-refractivity contribution in [1.29, 1.82) is 5.26 Å². The van der Waals surface area contributed by atoms with Crippen molar-refractivity contribution in [2.24, 2.45) is 0 Å². The van der Waals surface area contributed by atoms with Crippen molar-refractivity contribution in [3.8, 4) is 6.07 Å². The number of rotatable bonds is 3. The number of anilines is 2. The van der Waals surface area contributed by atoms with E-state index >= 15 is 0 Å². The van der Waals surface area contributed by atoms with Crippen LogP contribution in [0.15, 0.2) is 71.6 Å². The van der Waals surface area contributed by atoms with Crippen molar-refractivity contribution >= 4 is 17.5 Å². The van der Waals surface area contributed by atoms with Crippen molar-refractivity contribution < 1.29 is 4.74 Å². The molecule has 0 aromatic heterocycles. The number of hydrogen-bond donors (Lipinski definition) is 0. The average molecular weight is 448 g/mol. The third kappa shape index (κ3) is 4.37. The van der Waals surface area contributed by atoms with Crippen molar-refractivity contribution in [2.45, 2.75) is 57.5 Å². The molecule has 3 aliphatic rings. The van der Waals surface area contributed by atoms with Crippen LogP contribution in [0.5, 0.6) is 0 Å². The Bertz CT molecular complexity index is 1250. The zero-order valence-corrected chi connectivity index (χ0v) is 19.7. The summed E-state index contributed by atoms with van der Waals surface area (Å²) in [4.78, 5) is 5.87. The monoisotopic (exact) mass is 447 g/mol. The number of fused-ring (bicyclic) bond motifs is 1. The molecule has 0 unspecified atom stereocenters. The molecule has 2 heterocycles. The minimum Gasteiger partial charge on any atom is -0.487 e. The molecule has 0 amide bonds. The van der Waals surface area contributed by atoms with Crippen LogP contribution in [0.3, 0.4) is 0 Å². The normalized spacial score (nSPS) is 20.3. The minimum absolute atomic E-state index is 0.186. The summed E-state index contributed by atoms with van der Waals surface area (Å²) in [5.74, 6) is 0.749. The van der Waals surface area contributed by atoms with Crippen LogP contribution < -0.4 is 4.90 Å². The van der Waals surface area contributed by atoms with Crippen molar-refractivity contribution in [1.82, 2.24) is 0 Å². The molecule has 0 bridgehead atoms. The summed E-state index contributed by atoms with van der Waals surface area (Å²) in [7, 11) is 0. The summed E-state index contributed by atoms with van der Waals surface area (Å²) in [5.41, 5.74) is 7.03. The lowest BCUT2D eigenvalue weighted by Crippen LogP contribution is -2.31. The number of allylic oxidation sites excluding steroid dienone is 3. The van der Waals surface area contributed by atoms with Gasteiger partial charge < -0.3 is 9.64 Å². The molecule has 0 N–H and O–H groups in total. The zero-order chi connectivity index (χ0) is 23.5. The molecule has 34 heavy (non-hydrogen) atoms. The lowest BCUT2D eigenvalue weighted by atomic mass is 9.88. The van der Waals surface area contributed by atoms with Gasteiger partial charge in [0.05, 0.1) is 12.6 Å². The average Bonchev–Trinajstić information content (AvgIpc) is 3.30. The number of ether oxygens (including phenoxy) is 1. The Morgan fingerprint density at radius 1 is 1.12 bits per heavy atom. The molecule has 4 heteroatoms. The number of benzene rings is 2. The fraction of sp³-hybridized carbons (Fsp3) is 0.333. The predicted octanol–water partition coefficient (Wildman–Crippen LogP) is 7.41. The Balaban J connectivity index is 1.42. The maximum atomic E-state index is 9.42. The van der Waals surface area contributed by atoms with Crippen LogP contribution in [0.1, 0.15) is 55.2 Å². The van der Waals surface area contributed by atoms with E-state index in [0.29, 0.717) is 6.42 Å². The molecule has 2 aromatic rings. The van der Waals surface area contributed by atoms with E-state index in [1.165, 1.54) is 22.5 Å². The quantitative estimate of drug-likeness (QED) is 0.363. The van der Waals surface area contributed by atoms with Crippen molar-refractivity contribution in [2.75, 3.05) is 11.4 Å². The Hall–Kier alpha value is -3.76. The fourth-order valence-corrected chi connectivity index (χ4v) is 5.48. The van der Waals surface area contributed by atoms with Crippen LogP contribution in [-0.4, -0.2) is 12.1 Å². The van der Waals surface area contributed by atoms with Crippen LogP contribution in [0.2, 0.25) is 0 Å². The third-order valence-electron chi connectivity index (χ3n) is 7.21. The van der Waals surface area contributed by atoms with E-state index in [1.807, 2.05) is 12.2 Å². The van der Waals surface area contributed by atoms with Gasteiger partial charge in [-0.2, -0.15) is 0 Å². The first-order valence-electron chi connectivity index (χ1n) is 12.2. The highest BCUT2D eigenvalue weighted by Gasteiger charge is 2.39. The first-order valence-corrected chi connectivity index (χ1v) is 12.2. The number of nitrogens with zero attached hydrogens (tertiary/aromatic N) is 3. The number of nitriles is 1. The van der Waals surface area contributed by atoms with E-state index in [0.717, 1.165) is 62.0 Å². The van der Waals surface area contributed by atoms with Crippen molar-refractivity contribution in [3.05, 3.63) is 99.8 Å². The molecule has 1 fully saturated rings. The van der Waals surface area contributed by atoms with Gasteiger partial charge in [0.1, 0.15) is 11.4 Å². The SMILES string of the molecule is [C-]#[N+]/C(C#N)=C1C=C(/C=C/c2ccc3c(c2)CCCN3c2ccc(C)cc2)OC2(CCCC2)C\1. The predicted molar refractivity (Wildman–Crippen MR) is 136 cm³/mol. The Labute approximate surface area is 202 Å². The molecule has 0 radical (unpaired) electrons. The van der Waals surface area contributed by atoms with Crippen LogP contribution in [0.4, 0.5) is 11.4 Å². The maximum absolute atomic E-state index is 9.42. The molecular weight excluding hydrogens is 418 g/mol. The van der Waals surface area contributed by atoms with Gasteiger partial charge in [-0.15, -0.1) is 0 Å². The molecule has 2 aromatic carbocycles. The van der Waals surface area contributed by atoms with Crippen LogP contribution in [0, 0.1) is 24.8 Å². The summed E-state index contributed by atoms with van der Waals surface area (Å²) < 4.78 is 6.44. The van der Waals surface area contributed by atoms with Crippen LogP contribution >= 0.6 is 0 Å². The topological polar surface area (TPSA) is 40.6 Å². The molecule has 5 rings (SSSR count). The van der Waals surface area contributed by atoms with E-state index in [9.17, 15) is 5.26 Å². The fourth-order valence-electron chi connectivity index (χ4n) is 5.48. The molecular formula is C30H29N3O. The van der Waals surface area contributed by atoms with Gasteiger partial charge in [0.2, 0.25) is 0 Å². The highest BCUT2D eigenvalue weighted by Crippen LogP contribution is 2.44. The Morgan fingerprint density at radius 2 is 1.91 bits per heavy atom. The molecule has 4 nitrogen and oxygen atoms in total. The zero-order valence-electron chi connectivity index (χ0n) is 19.7. The largest absolute Gasteiger partial charge is 0.487 e. The summed E-state index contributed by atoms with van der Waals surface area (Å²) in [6.07, 6.45) is 13.1. The second kappa shape index (κ2) is 9.24. The summed E-state index contributed by atoms with van der Waals surface area (Å²) in [6, 6.07) is 17.5. The lowest BCUT2D eigenvalue weighted by Gasteiger charge is -2.35. The molecule has 170 valence electrons. The first-order chi connectivity index (χ1) is 16.6. The maximum Gasteiger partial charge on any atom is 0.265 e. The number of hydrogen-bond acceptors (Lipinski definition) is 3. The molecule has 0 saturated heterocycles. The minimum atomic E-state index is -0.263. The molecule has 0 atom stereocenters. The highest BCUT2D eigenvalue weighted by molar-refractivity contribution is 5.70. The molecule has 1 spiro atoms. The molecule has 1 saturated carbocycles. The van der Waals surface area contributed by atoms with Gasteiger partial charge in [-0.25, -0.2) is 10.1 Å². The van der Waals surface area contributed by atoms with Crippen LogP contribution in [0.25, 0.3) is 10.9 Å². The van der Waals surface area contributed by atoms with Gasteiger partial charge in [0.15, 0.2) is 0 Å². The third-order valence-corrected chi connectivity index (χ3v) is 7.21. The Morgan fingerprint density at radius 3 is 2.65 bits per heavy atom. The van der Waals surface area contributed by atoms with E-state index in [1.54, 1.807) is 0 Å². The summed E-state index contributed by atoms with van der Waals surface area (Å²) in [5, 5.41) is 9.42. The molecule has 2 aliphatic heterocycles. The van der Waals surface area contributed by atoms with E-state index < -0.39 is 0 Å². The van der Waals surface area contributed by atoms with Gasteiger partial charge in [0, 0.05) is 24.3 Å². The smallest absolute Gasteiger partial charge is 0.265 e. The second-order valence-electron chi connectivity index (χ2n) is 9.63. The second-order valence-corrected chi connectivity index (χ2v) is 9.63. The van der Waals surface area contributed by atoms with Crippen molar-refractivity contribution in [3.63, 3.8) is 0 Å².